The molecule has 0 amide bonds. The highest BCUT2D eigenvalue weighted by atomic mass is 19.1. The molecule has 1 aromatic heterocycles. The predicted molar refractivity (Wildman–Crippen MR) is 114 cm³/mol. The minimum absolute atomic E-state index is 0.180. The molecule has 0 saturated heterocycles. The van der Waals surface area contributed by atoms with Crippen molar-refractivity contribution in [2.45, 2.75) is 40.0 Å². The minimum atomic E-state index is -0.223. The number of hydrogen-bond donors (Lipinski definition) is 0. The summed E-state index contributed by atoms with van der Waals surface area (Å²) in [6.45, 7) is 11.1. The van der Waals surface area contributed by atoms with Crippen LogP contribution < -0.4 is 4.57 Å². The first-order valence-electron chi connectivity index (χ1n) is 9.88. The Bertz CT molecular complexity index is 1330. The topological polar surface area (TPSA) is 3.88 Å². The van der Waals surface area contributed by atoms with E-state index in [1.54, 1.807) is 12.1 Å². The summed E-state index contributed by atoms with van der Waals surface area (Å²) in [5.74, 6) is -0.180. The number of hydrogen-bond acceptors (Lipinski definition) is 0. The number of aryl methyl sites for hydroxylation is 3. The van der Waals surface area contributed by atoms with Crippen molar-refractivity contribution in [2.75, 3.05) is 0 Å². The van der Waals surface area contributed by atoms with Crippen molar-refractivity contribution in [3.63, 3.8) is 0 Å². The Labute approximate surface area is 165 Å². The molecule has 5 rings (SSSR count). The first-order chi connectivity index (χ1) is 13.2. The van der Waals surface area contributed by atoms with E-state index in [4.69, 9.17) is 0 Å². The maximum atomic E-state index is 14.3. The van der Waals surface area contributed by atoms with E-state index >= 15 is 0 Å². The number of nitrogens with zero attached hydrogens (tertiary/aromatic N) is 1. The fraction of sp³-hybridized carbons (Fsp3) is 0.269. The molecule has 1 aliphatic carbocycles. The highest BCUT2D eigenvalue weighted by molar-refractivity contribution is 6.06. The second-order valence-electron chi connectivity index (χ2n) is 8.92. The smallest absolute Gasteiger partial charge is 0.207 e. The largest absolute Gasteiger partial charge is 0.217 e. The quantitative estimate of drug-likeness (QED) is 0.325. The second kappa shape index (κ2) is 5.41. The van der Waals surface area contributed by atoms with Crippen molar-refractivity contribution in [3.8, 4) is 11.3 Å². The SMILES string of the molecule is Cc1cc2c3c(c(C)c(C)cc3c1)-c1c(c3cc(F)ccc3c[n+]1C)C2(C)C. The van der Waals surface area contributed by atoms with Crippen LogP contribution in [0.5, 0.6) is 0 Å². The zero-order valence-electron chi connectivity index (χ0n) is 17.4. The number of rotatable bonds is 0. The Morgan fingerprint density at radius 1 is 0.929 bits per heavy atom. The summed E-state index contributed by atoms with van der Waals surface area (Å²) in [4.78, 5) is 0. The van der Waals surface area contributed by atoms with Crippen LogP contribution in [0.1, 0.15) is 41.7 Å². The van der Waals surface area contributed by atoms with Crippen molar-refractivity contribution in [1.29, 1.82) is 0 Å². The van der Waals surface area contributed by atoms with Gasteiger partial charge in [0.1, 0.15) is 12.9 Å². The van der Waals surface area contributed by atoms with Gasteiger partial charge < -0.3 is 0 Å². The molecular formula is C26H25FN+. The Hall–Kier alpha value is -2.74. The summed E-state index contributed by atoms with van der Waals surface area (Å²) < 4.78 is 16.5. The van der Waals surface area contributed by atoms with Gasteiger partial charge in [-0.3, -0.25) is 0 Å². The van der Waals surface area contributed by atoms with E-state index < -0.39 is 0 Å². The molecule has 0 bridgehead atoms. The number of halogens is 1. The lowest BCUT2D eigenvalue weighted by atomic mass is 9.67. The fourth-order valence-electron chi connectivity index (χ4n) is 5.23. The third kappa shape index (κ3) is 2.09. The van der Waals surface area contributed by atoms with Crippen molar-refractivity contribution in [2.24, 2.45) is 7.05 Å². The zero-order valence-corrected chi connectivity index (χ0v) is 17.4. The average Bonchev–Trinajstić information content (AvgIpc) is 2.61. The predicted octanol–water partition coefficient (Wildman–Crippen LogP) is 6.19. The van der Waals surface area contributed by atoms with Crippen LogP contribution in [0.25, 0.3) is 32.8 Å². The monoisotopic (exact) mass is 370 g/mol. The van der Waals surface area contributed by atoms with Gasteiger partial charge in [0.25, 0.3) is 0 Å². The van der Waals surface area contributed by atoms with Crippen LogP contribution in [0.2, 0.25) is 0 Å². The Kier molecular flexibility index (Phi) is 3.35. The molecule has 4 aromatic rings. The van der Waals surface area contributed by atoms with Crippen molar-refractivity contribution in [1.82, 2.24) is 0 Å². The molecule has 0 radical (unpaired) electrons. The van der Waals surface area contributed by atoms with E-state index in [-0.39, 0.29) is 11.2 Å². The first kappa shape index (κ1) is 17.4. The van der Waals surface area contributed by atoms with Gasteiger partial charge in [-0.2, -0.15) is 0 Å². The van der Waals surface area contributed by atoms with Gasteiger partial charge in [0, 0.05) is 21.8 Å². The van der Waals surface area contributed by atoms with Crippen LogP contribution >= 0.6 is 0 Å². The molecule has 0 aliphatic heterocycles. The van der Waals surface area contributed by atoms with Gasteiger partial charge in [-0.25, -0.2) is 8.96 Å². The highest BCUT2D eigenvalue weighted by Crippen LogP contribution is 2.51. The molecule has 0 saturated carbocycles. The molecule has 1 nitrogen and oxygen atoms in total. The van der Waals surface area contributed by atoms with Gasteiger partial charge in [-0.05, 0) is 66.4 Å². The van der Waals surface area contributed by atoms with Crippen LogP contribution in [-0.4, -0.2) is 0 Å². The summed E-state index contributed by atoms with van der Waals surface area (Å²) >= 11 is 0. The van der Waals surface area contributed by atoms with Crippen molar-refractivity contribution < 1.29 is 8.96 Å². The molecule has 0 fully saturated rings. The Morgan fingerprint density at radius 3 is 2.43 bits per heavy atom. The van der Waals surface area contributed by atoms with E-state index in [1.807, 2.05) is 6.07 Å². The minimum Gasteiger partial charge on any atom is -0.207 e. The van der Waals surface area contributed by atoms with Gasteiger partial charge >= 0.3 is 0 Å². The summed E-state index contributed by atoms with van der Waals surface area (Å²) in [5.41, 5.74) is 8.72. The number of benzene rings is 3. The van der Waals surface area contributed by atoms with Gasteiger partial charge in [-0.1, -0.05) is 37.6 Å². The summed E-state index contributed by atoms with van der Waals surface area (Å²) in [7, 11) is 2.12. The molecule has 0 spiro atoms. The molecule has 0 N–H and O–H groups in total. The number of fused-ring (bicyclic) bond motifs is 4. The van der Waals surface area contributed by atoms with Crippen molar-refractivity contribution in [3.05, 3.63) is 76.2 Å². The van der Waals surface area contributed by atoms with E-state index in [0.29, 0.717) is 0 Å². The molecular weight excluding hydrogens is 345 g/mol. The summed E-state index contributed by atoms with van der Waals surface area (Å²) in [5, 5.41) is 4.73. The van der Waals surface area contributed by atoms with Crippen molar-refractivity contribution >= 4 is 21.5 Å². The van der Waals surface area contributed by atoms with Crippen LogP contribution in [0.15, 0.2) is 42.6 Å². The third-order valence-corrected chi connectivity index (χ3v) is 6.64. The van der Waals surface area contributed by atoms with Crippen LogP contribution in [0.3, 0.4) is 0 Å². The maximum Gasteiger partial charge on any atom is 0.217 e. The second-order valence-corrected chi connectivity index (χ2v) is 8.92. The fourth-order valence-corrected chi connectivity index (χ4v) is 5.23. The lowest BCUT2D eigenvalue weighted by Crippen LogP contribution is -2.38. The van der Waals surface area contributed by atoms with Gasteiger partial charge in [-0.15, -0.1) is 0 Å². The van der Waals surface area contributed by atoms with Gasteiger partial charge in [0.05, 0.1) is 5.56 Å². The molecule has 0 atom stereocenters. The maximum absolute atomic E-state index is 14.3. The molecule has 1 heterocycles. The van der Waals surface area contributed by atoms with E-state index in [1.165, 1.54) is 49.8 Å². The lowest BCUT2D eigenvalue weighted by Gasteiger charge is -2.35. The number of aromatic nitrogens is 1. The van der Waals surface area contributed by atoms with E-state index in [2.05, 4.69) is 70.6 Å². The van der Waals surface area contributed by atoms with Crippen LogP contribution in [0.4, 0.5) is 4.39 Å². The average molecular weight is 370 g/mol. The number of pyridine rings is 1. The molecule has 2 heteroatoms. The molecule has 140 valence electrons. The van der Waals surface area contributed by atoms with E-state index in [9.17, 15) is 4.39 Å². The molecule has 3 aromatic carbocycles. The first-order valence-corrected chi connectivity index (χ1v) is 9.88. The zero-order chi connectivity index (χ0) is 20.0. The Balaban J connectivity index is 2.13. The van der Waals surface area contributed by atoms with Crippen LogP contribution in [0, 0.1) is 26.6 Å². The molecule has 28 heavy (non-hydrogen) atoms. The van der Waals surface area contributed by atoms with Crippen LogP contribution in [-0.2, 0) is 12.5 Å². The van der Waals surface area contributed by atoms with Gasteiger partial charge in [0.15, 0.2) is 6.20 Å². The van der Waals surface area contributed by atoms with E-state index in [0.717, 1.165) is 10.8 Å². The standard InChI is InChI=1S/C26H25FN/c1-14-9-18-11-15(2)16(3)22-23(18)21(10-14)26(4,5)24-20-12-19(27)8-7-17(20)13-28(6)25(22)24/h7-13H,1-6H3/q+1. The summed E-state index contributed by atoms with van der Waals surface area (Å²) in [6, 6.07) is 12.1. The normalized spacial score (nSPS) is 14.5. The lowest BCUT2D eigenvalue weighted by molar-refractivity contribution is -0.659. The highest BCUT2D eigenvalue weighted by Gasteiger charge is 2.41. The van der Waals surface area contributed by atoms with Gasteiger partial charge in [0.2, 0.25) is 5.69 Å². The third-order valence-electron chi connectivity index (χ3n) is 6.64. The molecule has 1 aliphatic rings. The Morgan fingerprint density at radius 2 is 1.68 bits per heavy atom. The summed E-state index contributed by atoms with van der Waals surface area (Å²) in [6.07, 6.45) is 2.14. The molecule has 0 unspecified atom stereocenters.